The van der Waals surface area contributed by atoms with Gasteiger partial charge in [-0.25, -0.2) is 4.79 Å². The van der Waals surface area contributed by atoms with Gasteiger partial charge in [-0.05, 0) is 23.3 Å². The van der Waals surface area contributed by atoms with Crippen molar-refractivity contribution in [3.63, 3.8) is 0 Å². The highest BCUT2D eigenvalue weighted by Crippen LogP contribution is 2.53. The summed E-state index contributed by atoms with van der Waals surface area (Å²) < 4.78 is 5.11. The maximum Gasteiger partial charge on any atom is 0.331 e. The Morgan fingerprint density at radius 2 is 1.86 bits per heavy atom. The highest BCUT2D eigenvalue weighted by molar-refractivity contribution is 6.09. The fraction of sp³-hybridized carbons (Fsp3) is 0.273. The second-order valence-electron chi connectivity index (χ2n) is 7.26. The van der Waals surface area contributed by atoms with Gasteiger partial charge in [-0.2, -0.15) is 5.26 Å². The van der Waals surface area contributed by atoms with E-state index in [0.717, 1.165) is 4.90 Å². The number of nitriles is 1. The van der Waals surface area contributed by atoms with Crippen molar-refractivity contribution in [3.05, 3.63) is 71.3 Å². The summed E-state index contributed by atoms with van der Waals surface area (Å²) in [7, 11) is 2.69. The van der Waals surface area contributed by atoms with Crippen molar-refractivity contribution in [1.29, 1.82) is 5.26 Å². The van der Waals surface area contributed by atoms with Crippen LogP contribution in [0.3, 0.4) is 0 Å². The van der Waals surface area contributed by atoms with Crippen LogP contribution in [0.5, 0.6) is 0 Å². The van der Waals surface area contributed by atoms with Gasteiger partial charge < -0.3 is 4.74 Å². The molecule has 0 bridgehead atoms. The molecule has 4 rings (SSSR count). The Bertz CT molecular complexity index is 1050. The Morgan fingerprint density at radius 1 is 1.14 bits per heavy atom. The molecule has 2 aromatic rings. The Morgan fingerprint density at radius 3 is 2.52 bits per heavy atom. The van der Waals surface area contributed by atoms with E-state index >= 15 is 0 Å². The normalized spacial score (nSPS) is 28.2. The van der Waals surface area contributed by atoms with Gasteiger partial charge in [0.05, 0.1) is 30.6 Å². The number of nitrogens with zero attached hydrogens (tertiary/aromatic N) is 2. The summed E-state index contributed by atoms with van der Waals surface area (Å²) in [5, 5.41) is 12.5. The number of esters is 1. The summed E-state index contributed by atoms with van der Waals surface area (Å²) in [6.07, 6.45) is 0. The first-order valence-electron chi connectivity index (χ1n) is 9.18. The smallest absolute Gasteiger partial charge is 0.331 e. The maximum absolute atomic E-state index is 13.1. The number of amides is 2. The average Bonchev–Trinajstić information content (AvgIpc) is 3.24. The first kappa shape index (κ1) is 18.8. The quantitative estimate of drug-likeness (QED) is 0.631. The molecule has 0 aromatic heterocycles. The SMILES string of the molecule is COC(=O)[C@]1(c2ccccc2)N[C@H](c2cccc(C#N)c2)[C@@H]2C(=O)N(C)C(=O)[C@@H]21. The molecule has 2 aromatic carbocycles. The summed E-state index contributed by atoms with van der Waals surface area (Å²) in [6.45, 7) is 0. The van der Waals surface area contributed by atoms with Gasteiger partial charge in [0.1, 0.15) is 0 Å². The summed E-state index contributed by atoms with van der Waals surface area (Å²) >= 11 is 0. The van der Waals surface area contributed by atoms with Crippen LogP contribution in [-0.2, 0) is 24.7 Å². The van der Waals surface area contributed by atoms with E-state index in [1.165, 1.54) is 14.2 Å². The Labute approximate surface area is 167 Å². The number of ether oxygens (including phenoxy) is 1. The number of likely N-dealkylation sites (tertiary alicyclic amines) is 1. The fourth-order valence-electron chi connectivity index (χ4n) is 4.57. The fourth-order valence-corrected chi connectivity index (χ4v) is 4.57. The van der Waals surface area contributed by atoms with Crippen molar-refractivity contribution >= 4 is 17.8 Å². The zero-order chi connectivity index (χ0) is 20.8. The van der Waals surface area contributed by atoms with Crippen LogP contribution >= 0.6 is 0 Å². The summed E-state index contributed by atoms with van der Waals surface area (Å²) in [5.41, 5.74) is 0.140. The van der Waals surface area contributed by atoms with Crippen molar-refractivity contribution < 1.29 is 19.1 Å². The molecular weight excluding hydrogens is 370 g/mol. The molecule has 0 radical (unpaired) electrons. The highest BCUT2D eigenvalue weighted by atomic mass is 16.5. The van der Waals surface area contributed by atoms with Gasteiger partial charge in [0.2, 0.25) is 11.8 Å². The molecule has 0 spiro atoms. The van der Waals surface area contributed by atoms with E-state index < -0.39 is 35.3 Å². The number of nitrogens with one attached hydrogen (secondary N) is 1. The zero-order valence-electron chi connectivity index (χ0n) is 16.0. The van der Waals surface area contributed by atoms with Gasteiger partial charge in [-0.1, -0.05) is 42.5 Å². The third-order valence-electron chi connectivity index (χ3n) is 5.89. The lowest BCUT2D eigenvalue weighted by molar-refractivity contribution is -0.154. The van der Waals surface area contributed by atoms with Crippen LogP contribution in [0.1, 0.15) is 22.7 Å². The van der Waals surface area contributed by atoms with Crippen LogP contribution in [0.2, 0.25) is 0 Å². The van der Waals surface area contributed by atoms with Crippen molar-refractivity contribution in [3.8, 4) is 6.07 Å². The molecule has 0 saturated carbocycles. The number of carbonyl (C=O) groups excluding carboxylic acids is 3. The Balaban J connectivity index is 1.95. The molecule has 2 saturated heterocycles. The number of methoxy groups -OCH3 is 1. The molecule has 2 aliphatic heterocycles. The van der Waals surface area contributed by atoms with Crippen LogP contribution in [0.15, 0.2) is 54.6 Å². The van der Waals surface area contributed by atoms with Gasteiger partial charge in [0, 0.05) is 13.1 Å². The van der Waals surface area contributed by atoms with Crippen molar-refractivity contribution in [1.82, 2.24) is 10.2 Å². The number of fused-ring (bicyclic) bond motifs is 1. The summed E-state index contributed by atoms with van der Waals surface area (Å²) in [4.78, 5) is 40.3. The second-order valence-corrected chi connectivity index (χ2v) is 7.26. The highest BCUT2D eigenvalue weighted by Gasteiger charge is 2.68. The molecule has 4 atom stereocenters. The number of carbonyl (C=O) groups is 3. The van der Waals surface area contributed by atoms with Gasteiger partial charge in [0.25, 0.3) is 0 Å². The van der Waals surface area contributed by atoms with E-state index in [0.29, 0.717) is 16.7 Å². The van der Waals surface area contributed by atoms with Gasteiger partial charge in [-0.15, -0.1) is 0 Å². The third kappa shape index (κ3) is 2.57. The molecule has 146 valence electrons. The van der Waals surface area contributed by atoms with Crippen LogP contribution in [0.4, 0.5) is 0 Å². The molecule has 2 aliphatic rings. The lowest BCUT2D eigenvalue weighted by Crippen LogP contribution is -2.53. The first-order chi connectivity index (χ1) is 14.0. The monoisotopic (exact) mass is 389 g/mol. The lowest BCUT2D eigenvalue weighted by atomic mass is 9.75. The second kappa shape index (κ2) is 6.83. The number of hydrogen-bond acceptors (Lipinski definition) is 6. The minimum absolute atomic E-state index is 0.360. The maximum atomic E-state index is 13.1. The topological polar surface area (TPSA) is 99.5 Å². The van der Waals surface area contributed by atoms with E-state index in [9.17, 15) is 19.6 Å². The number of benzene rings is 2. The molecule has 0 aliphatic carbocycles. The van der Waals surface area contributed by atoms with Gasteiger partial charge in [0.15, 0.2) is 5.54 Å². The molecule has 0 unspecified atom stereocenters. The largest absolute Gasteiger partial charge is 0.467 e. The van der Waals surface area contributed by atoms with E-state index in [1.54, 1.807) is 48.5 Å². The van der Waals surface area contributed by atoms with Crippen molar-refractivity contribution in [2.75, 3.05) is 14.2 Å². The Hall–Kier alpha value is -3.50. The van der Waals surface area contributed by atoms with E-state index in [1.807, 2.05) is 6.07 Å². The molecule has 2 fully saturated rings. The Kier molecular flexibility index (Phi) is 4.44. The van der Waals surface area contributed by atoms with Crippen LogP contribution in [-0.4, -0.2) is 36.8 Å². The predicted molar refractivity (Wildman–Crippen MR) is 102 cm³/mol. The van der Waals surface area contributed by atoms with Crippen LogP contribution in [0, 0.1) is 23.2 Å². The third-order valence-corrected chi connectivity index (χ3v) is 5.89. The molecule has 2 heterocycles. The minimum atomic E-state index is -1.51. The van der Waals surface area contributed by atoms with Crippen LogP contribution in [0.25, 0.3) is 0 Å². The van der Waals surface area contributed by atoms with Gasteiger partial charge in [-0.3, -0.25) is 19.8 Å². The summed E-state index contributed by atoms with van der Waals surface area (Å²) in [6, 6.07) is 17.1. The molecule has 29 heavy (non-hydrogen) atoms. The average molecular weight is 389 g/mol. The van der Waals surface area contributed by atoms with E-state index in [4.69, 9.17) is 4.74 Å². The van der Waals surface area contributed by atoms with Gasteiger partial charge >= 0.3 is 5.97 Å². The lowest BCUT2D eigenvalue weighted by Gasteiger charge is -2.32. The predicted octanol–water partition coefficient (Wildman–Crippen LogP) is 1.50. The van der Waals surface area contributed by atoms with E-state index in [2.05, 4.69) is 11.4 Å². The number of imide groups is 1. The molecule has 1 N–H and O–H groups in total. The number of rotatable bonds is 3. The zero-order valence-corrected chi connectivity index (χ0v) is 16.0. The number of hydrogen-bond donors (Lipinski definition) is 1. The van der Waals surface area contributed by atoms with E-state index in [-0.39, 0.29) is 5.91 Å². The standard InChI is InChI=1S/C22H19N3O4/c1-25-19(26)16-17(20(25)27)22(21(28)29-2,15-9-4-3-5-10-15)24-18(16)14-8-6-7-13(11-14)12-23/h3-11,16-18,24H,1-2H3/t16-,17-,18-,22-/m1/s1. The first-order valence-corrected chi connectivity index (χ1v) is 9.18. The molecule has 7 nitrogen and oxygen atoms in total. The molecule has 2 amide bonds. The molecule has 7 heteroatoms. The minimum Gasteiger partial charge on any atom is -0.467 e. The van der Waals surface area contributed by atoms with Crippen molar-refractivity contribution in [2.45, 2.75) is 11.6 Å². The van der Waals surface area contributed by atoms with Crippen LogP contribution < -0.4 is 5.32 Å². The molecular formula is C22H19N3O4. The summed E-state index contributed by atoms with van der Waals surface area (Å²) in [5.74, 6) is -3.16. The van der Waals surface area contributed by atoms with Crippen molar-refractivity contribution in [2.24, 2.45) is 11.8 Å².